The molecule has 14 heteroatoms. The van der Waals surface area contributed by atoms with Gasteiger partial charge in [0, 0.05) is 23.3 Å². The summed E-state index contributed by atoms with van der Waals surface area (Å²) in [6, 6.07) is 3.74. The Kier molecular flexibility index (Phi) is 4.46. The summed E-state index contributed by atoms with van der Waals surface area (Å²) in [5, 5.41) is 17.1. The second-order valence-electron chi connectivity index (χ2n) is 6.57. The van der Waals surface area contributed by atoms with E-state index in [0.717, 1.165) is 17.7 Å². The highest BCUT2D eigenvalue weighted by atomic mass is 32.1. The highest BCUT2D eigenvalue weighted by molar-refractivity contribution is 7.15. The quantitative estimate of drug-likeness (QED) is 0.395. The normalized spacial score (nSPS) is 12.8. The molecule has 5 heterocycles. The molecule has 0 aliphatic carbocycles. The first-order chi connectivity index (χ1) is 15.2. The van der Waals surface area contributed by atoms with Gasteiger partial charge in [-0.05, 0) is 18.2 Å². The maximum Gasteiger partial charge on any atom is 0.459 e. The van der Waals surface area contributed by atoms with E-state index < -0.39 is 24.4 Å². The van der Waals surface area contributed by atoms with Gasteiger partial charge in [0.2, 0.25) is 6.39 Å². The number of hydrogen-bond acceptors (Lipinski definition) is 8. The predicted octanol–water partition coefficient (Wildman–Crippen LogP) is 4.20. The molecule has 164 valence electrons. The van der Waals surface area contributed by atoms with Gasteiger partial charge in [0.15, 0.2) is 0 Å². The SMILES string of the molecule is OCc1ncc(-c2cc(C(F)(F)C(F)(F)F)nc3c2ccc2nc(-c4nnco4)cn23)s1. The van der Waals surface area contributed by atoms with Crippen molar-refractivity contribution in [2.45, 2.75) is 18.7 Å². The lowest BCUT2D eigenvalue weighted by molar-refractivity contribution is -0.290. The van der Waals surface area contributed by atoms with Gasteiger partial charge in [-0.25, -0.2) is 15.0 Å². The van der Waals surface area contributed by atoms with Crippen LogP contribution in [0.15, 0.2) is 41.4 Å². The Morgan fingerprint density at radius 1 is 1.12 bits per heavy atom. The van der Waals surface area contributed by atoms with Crippen molar-refractivity contribution in [3.05, 3.63) is 47.7 Å². The highest BCUT2D eigenvalue weighted by Gasteiger charge is 2.60. The third-order valence-corrected chi connectivity index (χ3v) is 5.63. The van der Waals surface area contributed by atoms with Crippen molar-refractivity contribution >= 4 is 28.0 Å². The Morgan fingerprint density at radius 2 is 1.94 bits per heavy atom. The van der Waals surface area contributed by atoms with Crippen LogP contribution in [0.1, 0.15) is 10.7 Å². The number of hydrogen-bond donors (Lipinski definition) is 1. The molecule has 5 aromatic heterocycles. The summed E-state index contributed by atoms with van der Waals surface area (Å²) in [7, 11) is 0. The van der Waals surface area contributed by atoms with Crippen LogP contribution in [0.5, 0.6) is 0 Å². The molecule has 0 saturated carbocycles. The molecular weight excluding hydrogens is 459 g/mol. The second-order valence-corrected chi connectivity index (χ2v) is 7.69. The summed E-state index contributed by atoms with van der Waals surface area (Å²) in [6.07, 6.45) is -2.14. The van der Waals surface area contributed by atoms with Crippen LogP contribution < -0.4 is 0 Å². The van der Waals surface area contributed by atoms with Crippen LogP contribution in [0.4, 0.5) is 22.0 Å². The van der Waals surface area contributed by atoms with E-state index >= 15 is 0 Å². The molecule has 0 unspecified atom stereocenters. The highest BCUT2D eigenvalue weighted by Crippen LogP contribution is 2.45. The molecular formula is C18H9F5N6O2S. The molecule has 0 aromatic carbocycles. The zero-order valence-electron chi connectivity index (χ0n) is 15.5. The summed E-state index contributed by atoms with van der Waals surface area (Å²) < 4.78 is 74.3. The minimum atomic E-state index is -5.85. The van der Waals surface area contributed by atoms with Crippen LogP contribution >= 0.6 is 11.3 Å². The van der Waals surface area contributed by atoms with Crippen molar-refractivity contribution < 1.29 is 31.5 Å². The Bertz CT molecular complexity index is 1440. The van der Waals surface area contributed by atoms with Crippen LogP contribution in [0.2, 0.25) is 0 Å². The number of nitrogens with zero attached hydrogens (tertiary/aromatic N) is 6. The van der Waals surface area contributed by atoms with Crippen LogP contribution in [-0.4, -0.2) is 40.8 Å². The zero-order valence-corrected chi connectivity index (χ0v) is 16.3. The van der Waals surface area contributed by atoms with E-state index in [4.69, 9.17) is 4.42 Å². The molecule has 0 aliphatic heterocycles. The fraction of sp³-hybridized carbons (Fsp3) is 0.167. The fourth-order valence-corrected chi connectivity index (χ4v) is 3.94. The van der Waals surface area contributed by atoms with E-state index in [1.807, 2.05) is 0 Å². The molecule has 8 nitrogen and oxygen atoms in total. The van der Waals surface area contributed by atoms with Gasteiger partial charge in [-0.1, -0.05) is 0 Å². The third-order valence-electron chi connectivity index (χ3n) is 4.61. The van der Waals surface area contributed by atoms with Crippen molar-refractivity contribution in [2.75, 3.05) is 0 Å². The lowest BCUT2D eigenvalue weighted by Gasteiger charge is -2.20. The van der Waals surface area contributed by atoms with Crippen molar-refractivity contribution in [2.24, 2.45) is 0 Å². The zero-order chi connectivity index (χ0) is 22.7. The Morgan fingerprint density at radius 3 is 2.59 bits per heavy atom. The number of alkyl halides is 5. The first kappa shape index (κ1) is 20.4. The molecule has 0 atom stereocenters. The number of rotatable bonds is 4. The molecule has 0 radical (unpaired) electrons. The first-order valence-corrected chi connectivity index (χ1v) is 9.61. The maximum atomic E-state index is 14.3. The summed E-state index contributed by atoms with van der Waals surface area (Å²) in [5.74, 6) is -5.17. The van der Waals surface area contributed by atoms with Gasteiger partial charge >= 0.3 is 12.1 Å². The molecule has 0 bridgehead atoms. The number of halogens is 5. The van der Waals surface area contributed by atoms with Crippen molar-refractivity contribution in [3.8, 4) is 22.0 Å². The van der Waals surface area contributed by atoms with E-state index in [-0.39, 0.29) is 43.7 Å². The number of fused-ring (bicyclic) bond motifs is 3. The number of pyridine rings is 2. The molecule has 0 aliphatic rings. The Hall–Kier alpha value is -3.52. The largest absolute Gasteiger partial charge is 0.459 e. The summed E-state index contributed by atoms with van der Waals surface area (Å²) >= 11 is 0.963. The van der Waals surface area contributed by atoms with Gasteiger partial charge in [0.25, 0.3) is 5.89 Å². The molecule has 5 aromatic rings. The average molecular weight is 468 g/mol. The molecule has 0 saturated heterocycles. The van der Waals surface area contributed by atoms with Crippen molar-refractivity contribution in [3.63, 3.8) is 0 Å². The Balaban J connectivity index is 1.84. The van der Waals surface area contributed by atoms with Crippen molar-refractivity contribution in [1.29, 1.82) is 0 Å². The van der Waals surface area contributed by atoms with Crippen LogP contribution in [0, 0.1) is 0 Å². The number of aliphatic hydroxyl groups excluding tert-OH is 1. The molecule has 5 rings (SSSR count). The number of imidazole rings is 1. The second kappa shape index (κ2) is 7.00. The minimum absolute atomic E-state index is 0.0360. The number of thiazole rings is 1. The van der Waals surface area contributed by atoms with E-state index in [0.29, 0.717) is 6.07 Å². The summed E-state index contributed by atoms with van der Waals surface area (Å²) in [4.78, 5) is 12.1. The third kappa shape index (κ3) is 3.10. The molecule has 32 heavy (non-hydrogen) atoms. The van der Waals surface area contributed by atoms with Crippen LogP contribution in [-0.2, 0) is 12.5 Å². The number of aliphatic hydroxyl groups is 1. The lowest BCUT2D eigenvalue weighted by Crippen LogP contribution is -2.34. The Labute approximate surface area is 178 Å². The predicted molar refractivity (Wildman–Crippen MR) is 101 cm³/mol. The van der Waals surface area contributed by atoms with Gasteiger partial charge in [0.1, 0.15) is 27.7 Å². The maximum absolute atomic E-state index is 14.3. The average Bonchev–Trinajstić information content (AvgIpc) is 3.51. The van der Waals surface area contributed by atoms with E-state index in [9.17, 15) is 27.1 Å². The molecule has 1 N–H and O–H groups in total. The van der Waals surface area contributed by atoms with Gasteiger partial charge in [-0.2, -0.15) is 22.0 Å². The van der Waals surface area contributed by atoms with Gasteiger partial charge in [0.05, 0.1) is 11.5 Å². The van der Waals surface area contributed by atoms with E-state index in [2.05, 4.69) is 25.1 Å². The molecule has 0 amide bonds. The van der Waals surface area contributed by atoms with Crippen LogP contribution in [0.25, 0.3) is 38.7 Å². The van der Waals surface area contributed by atoms with Gasteiger partial charge in [-0.15, -0.1) is 21.5 Å². The van der Waals surface area contributed by atoms with Gasteiger partial charge < -0.3 is 9.52 Å². The fourth-order valence-electron chi connectivity index (χ4n) is 3.13. The summed E-state index contributed by atoms with van der Waals surface area (Å²) in [6.45, 7) is -0.404. The monoisotopic (exact) mass is 468 g/mol. The standard InChI is InChI=1S/C18H9F5N6O2S/c19-17(20,18(21,22)23)12-3-9(11-4-24-14(6-30)32-11)8-1-2-13-26-10(16-28-25-7-31-16)5-29(13)15(8)27-12/h1-5,7,30H,6H2. The number of aromatic nitrogens is 6. The molecule has 0 spiro atoms. The van der Waals surface area contributed by atoms with Crippen LogP contribution in [0.3, 0.4) is 0 Å². The summed E-state index contributed by atoms with van der Waals surface area (Å²) in [5.41, 5.74) is -1.20. The smallest absolute Gasteiger partial charge is 0.422 e. The van der Waals surface area contributed by atoms with Gasteiger partial charge in [-0.3, -0.25) is 4.40 Å². The molecule has 0 fully saturated rings. The minimum Gasteiger partial charge on any atom is -0.422 e. The first-order valence-electron chi connectivity index (χ1n) is 8.79. The van der Waals surface area contributed by atoms with E-state index in [1.54, 1.807) is 6.07 Å². The van der Waals surface area contributed by atoms with E-state index in [1.165, 1.54) is 22.9 Å². The lowest BCUT2D eigenvalue weighted by atomic mass is 10.1. The van der Waals surface area contributed by atoms with Crippen molar-refractivity contribution in [1.82, 2.24) is 29.5 Å². The topological polar surface area (TPSA) is 102 Å².